The van der Waals surface area contributed by atoms with Crippen LogP contribution in [0.4, 0.5) is 0 Å². The van der Waals surface area contributed by atoms with Crippen LogP contribution in [0.1, 0.15) is 57.4 Å². The highest BCUT2D eigenvalue weighted by Crippen LogP contribution is 2.38. The van der Waals surface area contributed by atoms with Gasteiger partial charge in [-0.25, -0.2) is 0 Å². The van der Waals surface area contributed by atoms with Crippen molar-refractivity contribution >= 4 is 0 Å². The van der Waals surface area contributed by atoms with Crippen LogP contribution in [0.2, 0.25) is 0 Å². The van der Waals surface area contributed by atoms with Crippen molar-refractivity contribution in [2.45, 2.75) is 63.5 Å². The number of hydrogen-bond donors (Lipinski definition) is 2. The zero-order valence-electron chi connectivity index (χ0n) is 12.2. The Labute approximate surface area is 117 Å². The van der Waals surface area contributed by atoms with Crippen molar-refractivity contribution in [1.29, 1.82) is 0 Å². The normalized spacial score (nSPS) is 29.1. The van der Waals surface area contributed by atoms with Crippen LogP contribution in [0.3, 0.4) is 0 Å². The minimum Gasteiger partial charge on any atom is -0.394 e. The third-order valence-electron chi connectivity index (χ3n) is 4.68. The molecule has 0 amide bonds. The summed E-state index contributed by atoms with van der Waals surface area (Å²) in [6, 6.07) is 11.3. The van der Waals surface area contributed by atoms with Crippen LogP contribution < -0.4 is 5.32 Å². The Morgan fingerprint density at radius 3 is 2.42 bits per heavy atom. The van der Waals surface area contributed by atoms with Gasteiger partial charge in [0.25, 0.3) is 0 Å². The van der Waals surface area contributed by atoms with Crippen LogP contribution in [-0.4, -0.2) is 23.3 Å². The third kappa shape index (κ3) is 3.58. The molecule has 0 spiro atoms. The lowest BCUT2D eigenvalue weighted by atomic mass is 9.74. The lowest BCUT2D eigenvalue weighted by Gasteiger charge is -2.41. The maximum Gasteiger partial charge on any atom is 0.0613 e. The summed E-state index contributed by atoms with van der Waals surface area (Å²) in [6.45, 7) is 4.66. The van der Waals surface area contributed by atoms with Gasteiger partial charge in [-0.1, -0.05) is 37.3 Å². The first kappa shape index (κ1) is 14.5. The number of aliphatic hydroxyl groups is 1. The first-order chi connectivity index (χ1) is 9.19. The standard InChI is InChI=1S/C17H27NO/c1-3-14(2)18-17(13-19)11-9-16(10-12-17)15-7-5-4-6-8-15/h4-8,14,16,18-19H,3,9-13H2,1-2H3. The molecule has 0 aromatic heterocycles. The van der Waals surface area contributed by atoms with Gasteiger partial charge in [-0.15, -0.1) is 0 Å². The summed E-state index contributed by atoms with van der Waals surface area (Å²) >= 11 is 0. The number of aliphatic hydroxyl groups excluding tert-OH is 1. The Kier molecular flexibility index (Phi) is 5.00. The van der Waals surface area contributed by atoms with Gasteiger partial charge < -0.3 is 10.4 Å². The van der Waals surface area contributed by atoms with Crippen LogP contribution in [0.5, 0.6) is 0 Å². The molecule has 0 bridgehead atoms. The van der Waals surface area contributed by atoms with Gasteiger partial charge in [0.1, 0.15) is 0 Å². The Hall–Kier alpha value is -0.860. The van der Waals surface area contributed by atoms with E-state index in [9.17, 15) is 5.11 Å². The Morgan fingerprint density at radius 1 is 1.26 bits per heavy atom. The molecule has 1 aliphatic rings. The largest absolute Gasteiger partial charge is 0.394 e. The second-order valence-corrected chi connectivity index (χ2v) is 6.08. The lowest BCUT2D eigenvalue weighted by Crippen LogP contribution is -2.53. The van der Waals surface area contributed by atoms with Crippen LogP contribution in [0, 0.1) is 0 Å². The molecule has 1 aromatic rings. The van der Waals surface area contributed by atoms with Crippen LogP contribution in [0.15, 0.2) is 30.3 Å². The van der Waals surface area contributed by atoms with Crippen molar-refractivity contribution in [2.75, 3.05) is 6.61 Å². The average Bonchev–Trinajstić information content (AvgIpc) is 2.48. The summed E-state index contributed by atoms with van der Waals surface area (Å²) in [7, 11) is 0. The minimum absolute atomic E-state index is 0.0410. The van der Waals surface area contributed by atoms with Crippen molar-refractivity contribution in [2.24, 2.45) is 0 Å². The van der Waals surface area contributed by atoms with E-state index in [1.54, 1.807) is 0 Å². The Balaban J connectivity index is 1.97. The second kappa shape index (κ2) is 6.53. The minimum atomic E-state index is -0.0410. The lowest BCUT2D eigenvalue weighted by molar-refractivity contribution is 0.104. The molecule has 19 heavy (non-hydrogen) atoms. The van der Waals surface area contributed by atoms with Gasteiger partial charge in [-0.05, 0) is 50.5 Å². The molecule has 0 heterocycles. The van der Waals surface area contributed by atoms with E-state index in [4.69, 9.17) is 0 Å². The topological polar surface area (TPSA) is 32.3 Å². The monoisotopic (exact) mass is 261 g/mol. The molecule has 2 N–H and O–H groups in total. The van der Waals surface area contributed by atoms with Crippen molar-refractivity contribution < 1.29 is 5.11 Å². The van der Waals surface area contributed by atoms with E-state index in [1.165, 1.54) is 18.4 Å². The highest BCUT2D eigenvalue weighted by Gasteiger charge is 2.35. The zero-order valence-corrected chi connectivity index (χ0v) is 12.2. The summed E-state index contributed by atoms with van der Waals surface area (Å²) in [4.78, 5) is 0. The van der Waals surface area contributed by atoms with E-state index in [0.717, 1.165) is 19.3 Å². The molecular formula is C17H27NO. The van der Waals surface area contributed by atoms with Crippen molar-refractivity contribution in [3.05, 3.63) is 35.9 Å². The van der Waals surface area contributed by atoms with Gasteiger partial charge in [0, 0.05) is 11.6 Å². The van der Waals surface area contributed by atoms with E-state index < -0.39 is 0 Å². The van der Waals surface area contributed by atoms with Crippen LogP contribution in [-0.2, 0) is 0 Å². The van der Waals surface area contributed by atoms with E-state index in [0.29, 0.717) is 12.0 Å². The van der Waals surface area contributed by atoms with Gasteiger partial charge >= 0.3 is 0 Å². The fraction of sp³-hybridized carbons (Fsp3) is 0.647. The van der Waals surface area contributed by atoms with Crippen LogP contribution >= 0.6 is 0 Å². The summed E-state index contributed by atoms with van der Waals surface area (Å²) in [6.07, 6.45) is 5.62. The summed E-state index contributed by atoms with van der Waals surface area (Å²) in [5.74, 6) is 0.666. The maximum atomic E-state index is 9.78. The molecule has 2 nitrogen and oxygen atoms in total. The van der Waals surface area contributed by atoms with Gasteiger partial charge in [-0.3, -0.25) is 0 Å². The fourth-order valence-corrected chi connectivity index (χ4v) is 3.20. The summed E-state index contributed by atoms with van der Waals surface area (Å²) in [5.41, 5.74) is 1.42. The Morgan fingerprint density at radius 2 is 1.89 bits per heavy atom. The van der Waals surface area contributed by atoms with E-state index in [1.807, 2.05) is 0 Å². The van der Waals surface area contributed by atoms with Gasteiger partial charge in [0.15, 0.2) is 0 Å². The molecule has 1 saturated carbocycles. The maximum absolute atomic E-state index is 9.78. The quantitative estimate of drug-likeness (QED) is 0.850. The smallest absolute Gasteiger partial charge is 0.0613 e. The molecular weight excluding hydrogens is 234 g/mol. The molecule has 0 radical (unpaired) electrons. The molecule has 2 heteroatoms. The number of hydrogen-bond acceptors (Lipinski definition) is 2. The van der Waals surface area contributed by atoms with Crippen molar-refractivity contribution in [1.82, 2.24) is 5.32 Å². The molecule has 0 saturated heterocycles. The van der Waals surface area contributed by atoms with Crippen molar-refractivity contribution in [3.8, 4) is 0 Å². The highest BCUT2D eigenvalue weighted by molar-refractivity contribution is 5.20. The Bertz CT molecular complexity index is 368. The van der Waals surface area contributed by atoms with Crippen molar-refractivity contribution in [3.63, 3.8) is 0 Å². The molecule has 1 fully saturated rings. The second-order valence-electron chi connectivity index (χ2n) is 6.08. The molecule has 2 rings (SSSR count). The van der Waals surface area contributed by atoms with E-state index in [2.05, 4.69) is 49.5 Å². The average molecular weight is 261 g/mol. The first-order valence-electron chi connectivity index (χ1n) is 7.62. The molecule has 106 valence electrons. The molecule has 1 aromatic carbocycles. The molecule has 1 atom stereocenters. The molecule has 0 aliphatic heterocycles. The third-order valence-corrected chi connectivity index (χ3v) is 4.68. The number of benzene rings is 1. The zero-order chi connectivity index (χ0) is 13.7. The number of nitrogens with one attached hydrogen (secondary N) is 1. The van der Waals surface area contributed by atoms with E-state index >= 15 is 0 Å². The predicted octanol–water partition coefficient (Wildman–Crippen LogP) is 3.46. The first-order valence-corrected chi connectivity index (χ1v) is 7.62. The predicted molar refractivity (Wildman–Crippen MR) is 80.4 cm³/mol. The number of rotatable bonds is 5. The molecule has 1 unspecified atom stereocenters. The van der Waals surface area contributed by atoms with Gasteiger partial charge in [0.05, 0.1) is 6.61 Å². The van der Waals surface area contributed by atoms with Gasteiger partial charge in [0.2, 0.25) is 0 Å². The van der Waals surface area contributed by atoms with Crippen LogP contribution in [0.25, 0.3) is 0 Å². The highest BCUT2D eigenvalue weighted by atomic mass is 16.3. The fourth-order valence-electron chi connectivity index (χ4n) is 3.20. The van der Waals surface area contributed by atoms with E-state index in [-0.39, 0.29) is 12.1 Å². The van der Waals surface area contributed by atoms with Gasteiger partial charge in [-0.2, -0.15) is 0 Å². The molecule has 1 aliphatic carbocycles. The summed E-state index contributed by atoms with van der Waals surface area (Å²) < 4.78 is 0. The summed E-state index contributed by atoms with van der Waals surface area (Å²) in [5, 5.41) is 13.4. The SMILES string of the molecule is CCC(C)NC1(CO)CCC(c2ccccc2)CC1.